The van der Waals surface area contributed by atoms with Crippen LogP contribution in [0, 0.1) is 12.7 Å². The van der Waals surface area contributed by atoms with Crippen LogP contribution in [-0.4, -0.2) is 15.3 Å². The molecule has 2 aromatic carbocycles. The first-order valence-electron chi connectivity index (χ1n) is 9.67. The summed E-state index contributed by atoms with van der Waals surface area (Å²) in [4.78, 5) is 17.9. The van der Waals surface area contributed by atoms with Crippen LogP contribution in [0.4, 0.5) is 10.2 Å². The van der Waals surface area contributed by atoms with Gasteiger partial charge in [-0.25, -0.2) is 9.37 Å². The van der Waals surface area contributed by atoms with Gasteiger partial charge in [0.2, 0.25) is 5.91 Å². The number of hydrogen-bond donors (Lipinski definition) is 1. The molecule has 1 amide bonds. The average Bonchev–Trinajstić information content (AvgIpc) is 3.07. The highest BCUT2D eigenvalue weighted by molar-refractivity contribution is 5.98. The van der Waals surface area contributed by atoms with E-state index in [1.165, 1.54) is 12.1 Å². The molecule has 0 aliphatic heterocycles. The Bertz CT molecular complexity index is 1170. The minimum Gasteiger partial charge on any atom is -0.309 e. The second-order valence-corrected chi connectivity index (χ2v) is 7.11. The number of nitrogens with zero attached hydrogens (tertiary/aromatic N) is 2. The van der Waals surface area contributed by atoms with E-state index in [2.05, 4.69) is 10.3 Å². The van der Waals surface area contributed by atoms with Crippen molar-refractivity contribution < 1.29 is 9.18 Å². The monoisotopic (exact) mass is 387 g/mol. The van der Waals surface area contributed by atoms with Gasteiger partial charge in [0.05, 0.1) is 5.92 Å². The first-order chi connectivity index (χ1) is 14.1. The van der Waals surface area contributed by atoms with Gasteiger partial charge < -0.3 is 5.32 Å². The molecule has 29 heavy (non-hydrogen) atoms. The van der Waals surface area contributed by atoms with Crippen LogP contribution >= 0.6 is 0 Å². The summed E-state index contributed by atoms with van der Waals surface area (Å²) >= 11 is 0. The highest BCUT2D eigenvalue weighted by Gasteiger charge is 2.23. The molecule has 4 nitrogen and oxygen atoms in total. The Balaban J connectivity index is 1.79. The molecule has 0 saturated heterocycles. The summed E-state index contributed by atoms with van der Waals surface area (Å²) in [6.45, 7) is 3.97. The first-order valence-corrected chi connectivity index (χ1v) is 9.67. The highest BCUT2D eigenvalue weighted by Crippen LogP contribution is 2.31. The van der Waals surface area contributed by atoms with Crippen molar-refractivity contribution in [1.82, 2.24) is 9.38 Å². The second kappa shape index (κ2) is 7.87. The zero-order chi connectivity index (χ0) is 20.4. The second-order valence-electron chi connectivity index (χ2n) is 7.11. The van der Waals surface area contributed by atoms with Gasteiger partial charge in [-0.2, -0.15) is 0 Å². The lowest BCUT2D eigenvalue weighted by Gasteiger charge is -2.16. The lowest BCUT2D eigenvalue weighted by molar-refractivity contribution is -0.117. The van der Waals surface area contributed by atoms with Gasteiger partial charge in [-0.05, 0) is 48.7 Å². The van der Waals surface area contributed by atoms with E-state index >= 15 is 0 Å². The maximum Gasteiger partial charge on any atom is 0.233 e. The molecule has 2 aromatic heterocycles. The van der Waals surface area contributed by atoms with Crippen molar-refractivity contribution in [3.63, 3.8) is 0 Å². The molecule has 0 saturated carbocycles. The van der Waals surface area contributed by atoms with Gasteiger partial charge in [0.25, 0.3) is 0 Å². The zero-order valence-corrected chi connectivity index (χ0v) is 16.4. The lowest BCUT2D eigenvalue weighted by atomic mass is 9.95. The number of pyridine rings is 1. The van der Waals surface area contributed by atoms with Gasteiger partial charge >= 0.3 is 0 Å². The molecule has 2 heterocycles. The van der Waals surface area contributed by atoms with Gasteiger partial charge in [0.15, 0.2) is 0 Å². The van der Waals surface area contributed by atoms with Crippen molar-refractivity contribution in [3.05, 3.63) is 89.9 Å². The number of halogens is 1. The number of amides is 1. The average molecular weight is 387 g/mol. The number of carbonyl (C=O) groups excluding carboxylic acids is 1. The molecule has 1 N–H and O–H groups in total. The third kappa shape index (κ3) is 3.76. The van der Waals surface area contributed by atoms with E-state index in [0.717, 1.165) is 11.1 Å². The number of anilines is 1. The number of carbonyl (C=O) groups is 1. The van der Waals surface area contributed by atoms with Crippen LogP contribution in [0.5, 0.6) is 0 Å². The standard InChI is InChI=1S/C24H22FN3O/c1-3-20(17-8-5-4-6-9-17)24(29)27-23-22(18-10-7-11-19(25)15-18)26-21-14-16(2)12-13-28(21)23/h4-15,20H,3H2,1-2H3,(H,27,29)/t20-/m1/s1. The number of fused-ring (bicyclic) bond motifs is 1. The number of nitrogens with one attached hydrogen (secondary N) is 1. The quantitative estimate of drug-likeness (QED) is 0.486. The van der Waals surface area contributed by atoms with Crippen molar-refractivity contribution in [1.29, 1.82) is 0 Å². The summed E-state index contributed by atoms with van der Waals surface area (Å²) in [5, 5.41) is 3.06. The van der Waals surface area contributed by atoms with Crippen LogP contribution < -0.4 is 5.32 Å². The molecule has 0 aliphatic rings. The van der Waals surface area contributed by atoms with Crippen molar-refractivity contribution in [2.75, 3.05) is 5.32 Å². The summed E-state index contributed by atoms with van der Waals surface area (Å²) in [6.07, 6.45) is 2.54. The number of aryl methyl sites for hydroxylation is 1. The fraction of sp³-hybridized carbons (Fsp3) is 0.167. The van der Waals surface area contributed by atoms with Crippen LogP contribution in [0.2, 0.25) is 0 Å². The van der Waals surface area contributed by atoms with Gasteiger partial charge in [0.1, 0.15) is 23.0 Å². The molecular formula is C24H22FN3O. The topological polar surface area (TPSA) is 46.4 Å². The predicted molar refractivity (Wildman–Crippen MR) is 113 cm³/mol. The smallest absolute Gasteiger partial charge is 0.233 e. The van der Waals surface area contributed by atoms with E-state index < -0.39 is 0 Å². The Morgan fingerprint density at radius 2 is 1.90 bits per heavy atom. The van der Waals surface area contributed by atoms with Crippen LogP contribution in [0.1, 0.15) is 30.4 Å². The molecule has 0 bridgehead atoms. The maximum atomic E-state index is 13.8. The van der Waals surface area contributed by atoms with Crippen molar-refractivity contribution in [3.8, 4) is 11.3 Å². The van der Waals surface area contributed by atoms with E-state index in [4.69, 9.17) is 0 Å². The number of rotatable bonds is 5. The van der Waals surface area contributed by atoms with Gasteiger partial charge in [-0.15, -0.1) is 0 Å². The van der Waals surface area contributed by atoms with Crippen molar-refractivity contribution in [2.45, 2.75) is 26.2 Å². The van der Waals surface area contributed by atoms with E-state index in [9.17, 15) is 9.18 Å². The number of benzene rings is 2. The van der Waals surface area contributed by atoms with Crippen molar-refractivity contribution >= 4 is 17.4 Å². The molecule has 0 unspecified atom stereocenters. The molecule has 0 fully saturated rings. The fourth-order valence-corrected chi connectivity index (χ4v) is 3.56. The largest absolute Gasteiger partial charge is 0.309 e. The number of hydrogen-bond acceptors (Lipinski definition) is 2. The van der Waals surface area contributed by atoms with E-state index in [1.54, 1.807) is 12.1 Å². The maximum absolute atomic E-state index is 13.8. The Morgan fingerprint density at radius 3 is 2.62 bits per heavy atom. The summed E-state index contributed by atoms with van der Waals surface area (Å²) < 4.78 is 15.7. The molecular weight excluding hydrogens is 365 g/mol. The Morgan fingerprint density at radius 1 is 1.10 bits per heavy atom. The SMILES string of the molecule is CC[C@@H](C(=O)Nc1c(-c2cccc(F)c2)nc2cc(C)ccn12)c1ccccc1. The summed E-state index contributed by atoms with van der Waals surface area (Å²) in [7, 11) is 0. The molecule has 1 atom stereocenters. The summed E-state index contributed by atoms with van der Waals surface area (Å²) in [6, 6.07) is 19.9. The van der Waals surface area contributed by atoms with Crippen LogP contribution in [-0.2, 0) is 4.79 Å². The van der Waals surface area contributed by atoms with Crippen molar-refractivity contribution in [2.24, 2.45) is 0 Å². The zero-order valence-electron chi connectivity index (χ0n) is 16.4. The van der Waals surface area contributed by atoms with Gasteiger partial charge in [-0.3, -0.25) is 9.20 Å². The van der Waals surface area contributed by atoms with Crippen LogP contribution in [0.25, 0.3) is 16.9 Å². The Labute approximate surface area is 169 Å². The predicted octanol–water partition coefficient (Wildman–Crippen LogP) is 5.58. The van der Waals surface area contributed by atoms with Crippen LogP contribution in [0.15, 0.2) is 72.9 Å². The molecule has 4 rings (SSSR count). The molecule has 0 spiro atoms. The molecule has 0 radical (unpaired) electrons. The molecule has 146 valence electrons. The van der Waals surface area contributed by atoms with E-state index in [-0.39, 0.29) is 17.6 Å². The highest BCUT2D eigenvalue weighted by atomic mass is 19.1. The molecule has 5 heteroatoms. The third-order valence-corrected chi connectivity index (χ3v) is 5.05. The lowest BCUT2D eigenvalue weighted by Crippen LogP contribution is -2.22. The Hall–Kier alpha value is -3.47. The third-order valence-electron chi connectivity index (χ3n) is 5.05. The van der Waals surface area contributed by atoms with Crippen LogP contribution in [0.3, 0.4) is 0 Å². The minimum atomic E-state index is -0.344. The normalized spacial score (nSPS) is 12.1. The summed E-state index contributed by atoms with van der Waals surface area (Å²) in [5.74, 6) is -0.194. The fourth-order valence-electron chi connectivity index (χ4n) is 3.56. The number of imidazole rings is 1. The Kier molecular flexibility index (Phi) is 5.12. The van der Waals surface area contributed by atoms with Gasteiger partial charge in [-0.1, -0.05) is 49.4 Å². The minimum absolute atomic E-state index is 0.112. The first kappa shape index (κ1) is 18.9. The molecule has 4 aromatic rings. The molecule has 0 aliphatic carbocycles. The number of aromatic nitrogens is 2. The summed E-state index contributed by atoms with van der Waals surface area (Å²) in [5.41, 5.74) is 3.89. The van der Waals surface area contributed by atoms with E-state index in [1.807, 2.05) is 66.9 Å². The van der Waals surface area contributed by atoms with E-state index in [0.29, 0.717) is 29.1 Å². The van der Waals surface area contributed by atoms with Gasteiger partial charge in [0, 0.05) is 11.8 Å².